The summed E-state index contributed by atoms with van der Waals surface area (Å²) in [5, 5.41) is 1.42. The molecule has 0 fully saturated rings. The molecular weight excluding hydrogens is 350 g/mol. The van der Waals surface area contributed by atoms with Crippen molar-refractivity contribution in [2.75, 3.05) is 6.73 Å². The first-order chi connectivity index (χ1) is 12.4. The normalized spacial score (nSPS) is 14.3. The third-order valence-corrected chi connectivity index (χ3v) is 5.33. The monoisotopic (exact) mass is 369 g/mol. The quantitative estimate of drug-likeness (QED) is 0.613. The van der Waals surface area contributed by atoms with Crippen LogP contribution in [0.2, 0.25) is 5.02 Å². The van der Waals surface area contributed by atoms with Crippen molar-refractivity contribution >= 4 is 22.6 Å². The molecule has 0 aliphatic carbocycles. The van der Waals surface area contributed by atoms with Gasteiger partial charge in [0.1, 0.15) is 18.1 Å². The number of hydrogen-bond acceptors (Lipinski definition) is 4. The molecule has 4 nitrogen and oxygen atoms in total. The first-order valence-corrected chi connectivity index (χ1v) is 8.98. The zero-order valence-corrected chi connectivity index (χ0v) is 15.8. The third kappa shape index (κ3) is 2.89. The zero-order chi connectivity index (χ0) is 18.4. The first-order valence-electron chi connectivity index (χ1n) is 8.60. The van der Waals surface area contributed by atoms with Crippen LogP contribution in [-0.4, -0.2) is 11.6 Å². The lowest BCUT2D eigenvalue weighted by molar-refractivity contribution is 0.0890. The number of aryl methyl sites for hydroxylation is 2. The largest absolute Gasteiger partial charge is 0.476 e. The van der Waals surface area contributed by atoms with E-state index in [1.165, 1.54) is 11.1 Å². The lowest BCUT2D eigenvalue weighted by Gasteiger charge is -2.30. The number of fused-ring (bicyclic) bond motifs is 3. The van der Waals surface area contributed by atoms with Crippen molar-refractivity contribution in [3.63, 3.8) is 0 Å². The van der Waals surface area contributed by atoms with E-state index in [1.54, 1.807) is 6.92 Å². The molecule has 1 aromatic heterocycles. The zero-order valence-electron chi connectivity index (χ0n) is 15.1. The number of benzene rings is 2. The van der Waals surface area contributed by atoms with Crippen LogP contribution in [0.15, 0.2) is 39.5 Å². The van der Waals surface area contributed by atoms with Gasteiger partial charge < -0.3 is 9.15 Å². The third-order valence-electron chi connectivity index (χ3n) is 5.05. The molecule has 0 atom stereocenters. The van der Waals surface area contributed by atoms with Crippen LogP contribution in [-0.2, 0) is 13.1 Å². The minimum atomic E-state index is -0.310. The smallest absolute Gasteiger partial charge is 0.339 e. The first kappa shape index (κ1) is 17.1. The van der Waals surface area contributed by atoms with Crippen LogP contribution in [0.3, 0.4) is 0 Å². The van der Waals surface area contributed by atoms with Crippen LogP contribution in [0.4, 0.5) is 0 Å². The lowest BCUT2D eigenvalue weighted by Crippen LogP contribution is -2.32. The summed E-state index contributed by atoms with van der Waals surface area (Å²) in [5.41, 5.74) is 5.06. The van der Waals surface area contributed by atoms with Gasteiger partial charge in [-0.15, -0.1) is 0 Å². The number of nitrogens with zero attached hydrogens (tertiary/aromatic N) is 1. The Balaban J connectivity index is 1.76. The number of rotatable bonds is 2. The molecule has 134 valence electrons. The van der Waals surface area contributed by atoms with E-state index in [4.69, 9.17) is 20.8 Å². The SMILES string of the molecule is Cc1ccc(CN2COc3c(Cl)cc4c(C)c(C)c(=O)oc4c3C2)cc1. The Bertz CT molecular complexity index is 1050. The van der Waals surface area contributed by atoms with Gasteiger partial charge in [0.2, 0.25) is 0 Å². The molecule has 0 unspecified atom stereocenters. The number of ether oxygens (including phenoxy) is 1. The highest BCUT2D eigenvalue weighted by Crippen LogP contribution is 2.39. The van der Waals surface area contributed by atoms with Crippen molar-refractivity contribution in [1.82, 2.24) is 4.90 Å². The highest BCUT2D eigenvalue weighted by molar-refractivity contribution is 6.33. The Morgan fingerprint density at radius 2 is 1.85 bits per heavy atom. The lowest BCUT2D eigenvalue weighted by atomic mass is 10.0. The predicted octanol–water partition coefficient (Wildman–Crippen LogP) is 4.72. The molecule has 0 N–H and O–H groups in total. The van der Waals surface area contributed by atoms with Crippen LogP contribution in [0, 0.1) is 20.8 Å². The second kappa shape index (κ2) is 6.45. The van der Waals surface area contributed by atoms with Gasteiger partial charge in [0.15, 0.2) is 0 Å². The fourth-order valence-corrected chi connectivity index (χ4v) is 3.64. The fourth-order valence-electron chi connectivity index (χ4n) is 3.37. The summed E-state index contributed by atoms with van der Waals surface area (Å²) in [7, 11) is 0. The maximum Gasteiger partial charge on any atom is 0.339 e. The summed E-state index contributed by atoms with van der Waals surface area (Å²) in [6, 6.07) is 10.3. The van der Waals surface area contributed by atoms with Crippen molar-refractivity contribution in [2.45, 2.75) is 33.9 Å². The molecule has 1 aliphatic heterocycles. The molecule has 1 aliphatic rings. The Hall–Kier alpha value is -2.30. The van der Waals surface area contributed by atoms with Gasteiger partial charge in [0.25, 0.3) is 0 Å². The summed E-state index contributed by atoms with van der Waals surface area (Å²) in [6.45, 7) is 7.58. The highest BCUT2D eigenvalue weighted by Gasteiger charge is 2.25. The van der Waals surface area contributed by atoms with Gasteiger partial charge >= 0.3 is 5.63 Å². The minimum absolute atomic E-state index is 0.310. The van der Waals surface area contributed by atoms with E-state index >= 15 is 0 Å². The van der Waals surface area contributed by atoms with Gasteiger partial charge in [-0.3, -0.25) is 4.90 Å². The van der Waals surface area contributed by atoms with Gasteiger partial charge in [-0.1, -0.05) is 41.4 Å². The Labute approximate surface area is 156 Å². The van der Waals surface area contributed by atoms with Crippen molar-refractivity contribution in [1.29, 1.82) is 0 Å². The maximum atomic E-state index is 12.2. The Morgan fingerprint density at radius 3 is 2.58 bits per heavy atom. The van der Waals surface area contributed by atoms with Crippen LogP contribution in [0.25, 0.3) is 11.0 Å². The van der Waals surface area contributed by atoms with Gasteiger partial charge in [-0.2, -0.15) is 0 Å². The molecule has 4 rings (SSSR count). The molecule has 2 aromatic carbocycles. The average molecular weight is 370 g/mol. The van der Waals surface area contributed by atoms with Gasteiger partial charge in [0.05, 0.1) is 10.6 Å². The molecular formula is C21H20ClNO3. The van der Waals surface area contributed by atoms with E-state index in [1.807, 2.05) is 13.0 Å². The topological polar surface area (TPSA) is 42.7 Å². The molecule has 5 heteroatoms. The van der Waals surface area contributed by atoms with E-state index < -0.39 is 0 Å². The van der Waals surface area contributed by atoms with Crippen LogP contribution in [0.1, 0.15) is 27.8 Å². The molecule has 0 saturated carbocycles. The summed E-state index contributed by atoms with van der Waals surface area (Å²) in [6.07, 6.45) is 0. The molecule has 3 aromatic rings. The van der Waals surface area contributed by atoms with Gasteiger partial charge in [0, 0.05) is 24.0 Å². The molecule has 0 amide bonds. The van der Waals surface area contributed by atoms with Crippen molar-refractivity contribution in [3.05, 3.63) is 73.6 Å². The summed E-state index contributed by atoms with van der Waals surface area (Å²) in [5.74, 6) is 0.616. The predicted molar refractivity (Wildman–Crippen MR) is 103 cm³/mol. The maximum absolute atomic E-state index is 12.2. The fraction of sp³-hybridized carbons (Fsp3) is 0.286. The van der Waals surface area contributed by atoms with E-state index in [-0.39, 0.29) is 5.63 Å². The van der Waals surface area contributed by atoms with Crippen LogP contribution < -0.4 is 10.4 Å². The van der Waals surface area contributed by atoms with E-state index in [9.17, 15) is 4.79 Å². The second-order valence-corrected chi connectivity index (χ2v) is 7.34. The highest BCUT2D eigenvalue weighted by atomic mass is 35.5. The molecule has 0 bridgehead atoms. The summed E-state index contributed by atoms with van der Waals surface area (Å²) < 4.78 is 11.5. The molecule has 0 radical (unpaired) electrons. The van der Waals surface area contributed by atoms with E-state index in [0.717, 1.165) is 23.1 Å². The summed E-state index contributed by atoms with van der Waals surface area (Å²) >= 11 is 6.45. The van der Waals surface area contributed by atoms with Crippen LogP contribution in [0.5, 0.6) is 5.75 Å². The Kier molecular flexibility index (Phi) is 4.25. The van der Waals surface area contributed by atoms with Gasteiger partial charge in [-0.05, 0) is 38.0 Å². The van der Waals surface area contributed by atoms with Crippen molar-refractivity contribution in [2.24, 2.45) is 0 Å². The molecule has 26 heavy (non-hydrogen) atoms. The molecule has 0 spiro atoms. The number of hydrogen-bond donors (Lipinski definition) is 0. The molecule has 2 heterocycles. The second-order valence-electron chi connectivity index (χ2n) is 6.93. The summed E-state index contributed by atoms with van der Waals surface area (Å²) in [4.78, 5) is 14.3. The van der Waals surface area contributed by atoms with Crippen molar-refractivity contribution < 1.29 is 9.15 Å². The van der Waals surface area contributed by atoms with Crippen LogP contribution >= 0.6 is 11.6 Å². The molecule has 0 saturated heterocycles. The van der Waals surface area contributed by atoms with E-state index in [0.29, 0.717) is 35.2 Å². The standard InChI is InChI=1S/C21H20ClNO3/c1-12-4-6-15(7-5-12)9-23-10-17-19-16(8-18(22)20(17)25-11-23)13(2)14(3)21(24)26-19/h4-8H,9-11H2,1-3H3. The van der Waals surface area contributed by atoms with Gasteiger partial charge in [-0.25, -0.2) is 4.79 Å². The average Bonchev–Trinajstić information content (AvgIpc) is 2.63. The van der Waals surface area contributed by atoms with E-state index in [2.05, 4.69) is 36.1 Å². The van der Waals surface area contributed by atoms with Crippen molar-refractivity contribution in [3.8, 4) is 5.75 Å². The number of halogens is 1. The Morgan fingerprint density at radius 1 is 1.12 bits per heavy atom. The minimum Gasteiger partial charge on any atom is -0.476 e.